The van der Waals surface area contributed by atoms with E-state index >= 15 is 0 Å². The van der Waals surface area contributed by atoms with Crippen LogP contribution < -0.4 is 0 Å². The Labute approximate surface area is 178 Å². The van der Waals surface area contributed by atoms with Crippen molar-refractivity contribution in [3.05, 3.63) is 131 Å². The highest BCUT2D eigenvalue weighted by atomic mass is 19.1. The Balaban J connectivity index is 1.41. The van der Waals surface area contributed by atoms with Crippen LogP contribution in [0.3, 0.4) is 0 Å². The number of hydrogen-bond acceptors (Lipinski definition) is 0. The second-order valence-corrected chi connectivity index (χ2v) is 7.72. The first kappa shape index (κ1) is 19.8. The summed E-state index contributed by atoms with van der Waals surface area (Å²) in [5, 5.41) is 0. The number of rotatable bonds is 6. The van der Waals surface area contributed by atoms with Crippen LogP contribution in [0.25, 0.3) is 23.3 Å². The maximum Gasteiger partial charge on any atom is 0.123 e. The van der Waals surface area contributed by atoms with Gasteiger partial charge in [0, 0.05) is 0 Å². The fourth-order valence-electron chi connectivity index (χ4n) is 3.64. The molecule has 0 nitrogen and oxygen atoms in total. The topological polar surface area (TPSA) is 0 Å². The Morgan fingerprint density at radius 2 is 1.13 bits per heavy atom. The lowest BCUT2D eigenvalue weighted by atomic mass is 9.93. The molecular formula is C29H25F. The third-order valence-electron chi connectivity index (χ3n) is 5.45. The Morgan fingerprint density at radius 1 is 0.633 bits per heavy atom. The molecular weight excluding hydrogens is 367 g/mol. The Bertz CT molecular complexity index is 1090. The molecule has 0 aliphatic carbocycles. The van der Waals surface area contributed by atoms with Crippen molar-refractivity contribution < 1.29 is 4.39 Å². The average molecular weight is 393 g/mol. The van der Waals surface area contributed by atoms with Crippen molar-refractivity contribution >= 4 is 12.2 Å². The molecule has 1 heteroatoms. The molecule has 0 aliphatic rings. The first-order chi connectivity index (χ1) is 14.7. The number of benzene rings is 4. The first-order valence-electron chi connectivity index (χ1n) is 10.4. The highest BCUT2D eigenvalue weighted by molar-refractivity contribution is 5.72. The Kier molecular flexibility index (Phi) is 6.20. The lowest BCUT2D eigenvalue weighted by Crippen LogP contribution is -1.98. The zero-order valence-electron chi connectivity index (χ0n) is 17.1. The van der Waals surface area contributed by atoms with Gasteiger partial charge in [0.25, 0.3) is 0 Å². The highest BCUT2D eigenvalue weighted by Crippen LogP contribution is 2.24. The molecule has 30 heavy (non-hydrogen) atoms. The molecule has 0 amide bonds. The quantitative estimate of drug-likeness (QED) is 0.292. The fourth-order valence-corrected chi connectivity index (χ4v) is 3.64. The lowest BCUT2D eigenvalue weighted by molar-refractivity contribution is 0.628. The van der Waals surface area contributed by atoms with E-state index < -0.39 is 0 Å². The molecule has 0 heterocycles. The summed E-state index contributed by atoms with van der Waals surface area (Å²) in [6.45, 7) is 2.28. The molecule has 0 aromatic heterocycles. The molecule has 0 radical (unpaired) electrons. The molecule has 0 unspecified atom stereocenters. The van der Waals surface area contributed by atoms with Crippen LogP contribution in [0, 0.1) is 5.82 Å². The molecule has 0 saturated carbocycles. The normalized spacial score (nSPS) is 12.2. The highest BCUT2D eigenvalue weighted by Gasteiger charge is 2.06. The van der Waals surface area contributed by atoms with E-state index in [0.29, 0.717) is 5.92 Å². The summed E-state index contributed by atoms with van der Waals surface area (Å²) in [6.07, 6.45) is 5.08. The second kappa shape index (κ2) is 9.37. The van der Waals surface area contributed by atoms with Gasteiger partial charge in [-0.3, -0.25) is 0 Å². The monoisotopic (exact) mass is 392 g/mol. The standard InChI is InChI=1S/C29H25F/c1-22(26-5-3-2-4-6-26)21-25-11-17-28(18-12-25)27-15-9-23(10-16-27)7-8-24-13-19-29(30)20-14-24/h2-20,22H,21H2,1H3/t22-/m0/s1. The van der Waals surface area contributed by atoms with Crippen LogP contribution in [-0.4, -0.2) is 0 Å². The van der Waals surface area contributed by atoms with E-state index in [1.807, 2.05) is 12.2 Å². The van der Waals surface area contributed by atoms with Crippen molar-refractivity contribution in [2.24, 2.45) is 0 Å². The van der Waals surface area contributed by atoms with Crippen molar-refractivity contribution in [3.63, 3.8) is 0 Å². The van der Waals surface area contributed by atoms with Gasteiger partial charge >= 0.3 is 0 Å². The van der Waals surface area contributed by atoms with E-state index in [1.54, 1.807) is 12.1 Å². The van der Waals surface area contributed by atoms with Gasteiger partial charge in [0.2, 0.25) is 0 Å². The predicted molar refractivity (Wildman–Crippen MR) is 126 cm³/mol. The third kappa shape index (κ3) is 5.12. The summed E-state index contributed by atoms with van der Waals surface area (Å²) < 4.78 is 13.0. The van der Waals surface area contributed by atoms with E-state index in [-0.39, 0.29) is 5.82 Å². The van der Waals surface area contributed by atoms with Crippen LogP contribution in [0.5, 0.6) is 0 Å². The zero-order valence-corrected chi connectivity index (χ0v) is 17.1. The molecule has 0 spiro atoms. The molecule has 4 aromatic rings. The SMILES string of the molecule is C[C@@H](Cc1ccc(-c2ccc(C=Cc3ccc(F)cc3)cc2)cc1)c1ccccc1. The van der Waals surface area contributed by atoms with Gasteiger partial charge in [0.15, 0.2) is 0 Å². The Hall–Kier alpha value is -3.45. The van der Waals surface area contributed by atoms with Crippen molar-refractivity contribution in [1.82, 2.24) is 0 Å². The van der Waals surface area contributed by atoms with Gasteiger partial charge < -0.3 is 0 Å². The summed E-state index contributed by atoms with van der Waals surface area (Å²) in [4.78, 5) is 0. The van der Waals surface area contributed by atoms with E-state index in [9.17, 15) is 4.39 Å². The van der Waals surface area contributed by atoms with Crippen LogP contribution in [-0.2, 0) is 6.42 Å². The smallest absolute Gasteiger partial charge is 0.123 e. The molecule has 0 saturated heterocycles. The average Bonchev–Trinajstić information content (AvgIpc) is 2.80. The van der Waals surface area contributed by atoms with Gasteiger partial charge in [-0.15, -0.1) is 0 Å². The molecule has 148 valence electrons. The van der Waals surface area contributed by atoms with Gasteiger partial charge in [0.05, 0.1) is 0 Å². The largest absolute Gasteiger partial charge is 0.207 e. The van der Waals surface area contributed by atoms with Crippen LogP contribution in [0.15, 0.2) is 103 Å². The van der Waals surface area contributed by atoms with E-state index in [1.165, 1.54) is 34.4 Å². The molecule has 0 N–H and O–H groups in total. The van der Waals surface area contributed by atoms with E-state index in [0.717, 1.165) is 17.5 Å². The lowest BCUT2D eigenvalue weighted by Gasteiger charge is -2.12. The van der Waals surface area contributed by atoms with Gasteiger partial charge in [-0.05, 0) is 57.9 Å². The minimum Gasteiger partial charge on any atom is -0.207 e. The molecule has 0 fully saturated rings. The summed E-state index contributed by atoms with van der Waals surface area (Å²) in [7, 11) is 0. The molecule has 4 rings (SSSR count). The summed E-state index contributed by atoms with van der Waals surface area (Å²) >= 11 is 0. The molecule has 0 bridgehead atoms. The number of hydrogen-bond donors (Lipinski definition) is 0. The van der Waals surface area contributed by atoms with Crippen molar-refractivity contribution in [1.29, 1.82) is 0 Å². The molecule has 1 atom stereocenters. The van der Waals surface area contributed by atoms with E-state index in [4.69, 9.17) is 0 Å². The van der Waals surface area contributed by atoms with Crippen LogP contribution in [0.2, 0.25) is 0 Å². The molecule has 4 aromatic carbocycles. The summed E-state index contributed by atoms with van der Waals surface area (Å²) in [5.74, 6) is 0.293. The van der Waals surface area contributed by atoms with Crippen LogP contribution in [0.4, 0.5) is 4.39 Å². The van der Waals surface area contributed by atoms with Crippen LogP contribution in [0.1, 0.15) is 35.1 Å². The second-order valence-electron chi connectivity index (χ2n) is 7.72. The summed E-state index contributed by atoms with van der Waals surface area (Å²) in [6, 6.07) is 34.6. The third-order valence-corrected chi connectivity index (χ3v) is 5.45. The minimum atomic E-state index is -0.211. The van der Waals surface area contributed by atoms with E-state index in [2.05, 4.69) is 85.8 Å². The number of halogens is 1. The van der Waals surface area contributed by atoms with Crippen molar-refractivity contribution in [3.8, 4) is 11.1 Å². The predicted octanol–water partition coefficient (Wildman–Crippen LogP) is 8.01. The first-order valence-corrected chi connectivity index (χ1v) is 10.4. The molecule has 0 aliphatic heterocycles. The summed E-state index contributed by atoms with van der Waals surface area (Å²) in [5.41, 5.74) is 7.27. The minimum absolute atomic E-state index is 0.211. The fraction of sp³-hybridized carbons (Fsp3) is 0.103. The zero-order chi connectivity index (χ0) is 20.8. The van der Waals surface area contributed by atoms with Gasteiger partial charge in [-0.25, -0.2) is 4.39 Å². The Morgan fingerprint density at radius 3 is 1.70 bits per heavy atom. The van der Waals surface area contributed by atoms with Gasteiger partial charge in [0.1, 0.15) is 5.82 Å². The van der Waals surface area contributed by atoms with Gasteiger partial charge in [-0.2, -0.15) is 0 Å². The van der Waals surface area contributed by atoms with Crippen LogP contribution >= 0.6 is 0 Å². The van der Waals surface area contributed by atoms with Crippen molar-refractivity contribution in [2.45, 2.75) is 19.3 Å². The van der Waals surface area contributed by atoms with Crippen molar-refractivity contribution in [2.75, 3.05) is 0 Å². The maximum absolute atomic E-state index is 13.0. The maximum atomic E-state index is 13.0. The van der Waals surface area contributed by atoms with Gasteiger partial charge in [-0.1, -0.05) is 110 Å².